The first-order chi connectivity index (χ1) is 11.0. The van der Waals surface area contributed by atoms with E-state index in [0.29, 0.717) is 5.78 Å². The molecule has 0 radical (unpaired) electrons. The minimum atomic E-state index is -0.556. The van der Waals surface area contributed by atoms with Crippen molar-refractivity contribution in [1.29, 1.82) is 0 Å². The highest BCUT2D eigenvalue weighted by molar-refractivity contribution is 9.39. The summed E-state index contributed by atoms with van der Waals surface area (Å²) in [6.07, 6.45) is 3.25. The second-order valence-corrected chi connectivity index (χ2v) is 19.6. The normalized spacial score (nSPS) is 12.2. The number of hydrogen-bond donors (Lipinski definition) is 0. The van der Waals surface area contributed by atoms with Gasteiger partial charge >= 0.3 is 0 Å². The summed E-state index contributed by atoms with van der Waals surface area (Å²) >= 11 is 25.1. The topological polar surface area (TPSA) is 68.9 Å². The number of hydrogen-bond acceptors (Lipinski definition) is 6. The van der Waals surface area contributed by atoms with Crippen molar-refractivity contribution < 1.29 is 0 Å². The molecule has 0 aromatic carbocycles. The highest BCUT2D eigenvalue weighted by atomic mass is 80.0. The van der Waals surface area contributed by atoms with E-state index >= 15 is 0 Å². The zero-order valence-corrected chi connectivity index (χ0v) is 23.3. The molecule has 0 N–H and O–H groups in total. The van der Waals surface area contributed by atoms with Crippen molar-refractivity contribution in [3.8, 4) is 0 Å². The highest BCUT2D eigenvalue weighted by Gasteiger charge is 2.26. The Balaban J connectivity index is 0.000000185. The molecule has 0 atom stereocenters. The van der Waals surface area contributed by atoms with Crippen molar-refractivity contribution in [1.82, 2.24) is 29.8 Å². The SMILES string of the molecule is Brc1cn2ncnc2nc1C(Br)(Br)Br.Cc1nnc(C(Br)(Br)Br)s1. The molecule has 0 bridgehead atoms. The van der Waals surface area contributed by atoms with Crippen LogP contribution in [0.4, 0.5) is 0 Å². The first-order valence-corrected chi connectivity index (χ1v) is 12.2. The largest absolute Gasteiger partial charge is 0.252 e. The lowest BCUT2D eigenvalue weighted by molar-refractivity contribution is 0.916. The monoisotopic (exact) mass is 793 g/mol. The van der Waals surface area contributed by atoms with Gasteiger partial charge in [0.2, 0.25) is 0 Å². The maximum absolute atomic E-state index is 4.31. The first kappa shape index (κ1) is 21.8. The van der Waals surface area contributed by atoms with Crippen LogP contribution in [0, 0.1) is 6.92 Å². The van der Waals surface area contributed by atoms with Crippen molar-refractivity contribution in [3.63, 3.8) is 0 Å². The number of halogens is 7. The molecule has 0 unspecified atom stereocenters. The van der Waals surface area contributed by atoms with E-state index in [4.69, 9.17) is 0 Å². The van der Waals surface area contributed by atoms with E-state index in [0.717, 1.165) is 20.2 Å². The van der Waals surface area contributed by atoms with Gasteiger partial charge in [0.15, 0.2) is 9.29 Å². The summed E-state index contributed by atoms with van der Waals surface area (Å²) in [5.41, 5.74) is 0.748. The Kier molecular flexibility index (Phi) is 7.85. The molecule has 0 spiro atoms. The molecule has 0 amide bonds. The molecule has 24 heavy (non-hydrogen) atoms. The van der Waals surface area contributed by atoms with Crippen molar-refractivity contribution >= 4 is 129 Å². The fourth-order valence-electron chi connectivity index (χ4n) is 1.35. The molecule has 0 fully saturated rings. The van der Waals surface area contributed by atoms with E-state index in [1.54, 1.807) is 10.7 Å². The summed E-state index contributed by atoms with van der Waals surface area (Å²) in [4.78, 5) is 8.30. The summed E-state index contributed by atoms with van der Waals surface area (Å²) < 4.78 is 1.45. The molecule has 14 heteroatoms. The summed E-state index contributed by atoms with van der Waals surface area (Å²) in [7, 11) is 0. The number of aromatic nitrogens is 6. The van der Waals surface area contributed by atoms with Gasteiger partial charge < -0.3 is 0 Å². The number of nitrogens with zero attached hydrogens (tertiary/aromatic N) is 6. The lowest BCUT2D eigenvalue weighted by atomic mass is 10.5. The fraction of sp³-hybridized carbons (Fsp3) is 0.300. The van der Waals surface area contributed by atoms with Gasteiger partial charge in [-0.3, -0.25) is 0 Å². The predicted octanol–water partition coefficient (Wildman–Crippen LogP) is 6.32. The Morgan fingerprint density at radius 1 is 1.04 bits per heavy atom. The average Bonchev–Trinajstić information content (AvgIpc) is 3.04. The van der Waals surface area contributed by atoms with E-state index in [-0.39, 0.29) is 0 Å². The number of fused-ring (bicyclic) bond motifs is 1. The van der Waals surface area contributed by atoms with E-state index in [1.165, 1.54) is 17.7 Å². The van der Waals surface area contributed by atoms with Crippen molar-refractivity contribution in [2.75, 3.05) is 0 Å². The van der Waals surface area contributed by atoms with E-state index in [9.17, 15) is 0 Å². The van der Waals surface area contributed by atoms with Gasteiger partial charge in [-0.05, 0) is 22.9 Å². The third-order valence-electron chi connectivity index (χ3n) is 2.26. The van der Waals surface area contributed by atoms with Crippen LogP contribution in [0.15, 0.2) is 17.0 Å². The van der Waals surface area contributed by atoms with Gasteiger partial charge in [0.1, 0.15) is 11.3 Å². The van der Waals surface area contributed by atoms with Crippen molar-refractivity contribution in [2.24, 2.45) is 0 Å². The number of aryl methyl sites for hydroxylation is 1. The van der Waals surface area contributed by atoms with Crippen LogP contribution in [-0.4, -0.2) is 29.8 Å². The molecule has 3 aromatic rings. The van der Waals surface area contributed by atoms with Crippen molar-refractivity contribution in [2.45, 2.75) is 11.2 Å². The molecule has 3 aromatic heterocycles. The van der Waals surface area contributed by atoms with Crippen LogP contribution in [0.5, 0.6) is 0 Å². The van der Waals surface area contributed by atoms with Crippen LogP contribution in [0.2, 0.25) is 0 Å². The zero-order valence-electron chi connectivity index (χ0n) is 11.4. The van der Waals surface area contributed by atoms with E-state index < -0.39 is 4.29 Å². The molecular weight excluding hydrogens is 796 g/mol. The molecule has 0 aliphatic carbocycles. The number of rotatable bonds is 0. The number of alkyl halides is 6. The maximum Gasteiger partial charge on any atom is 0.252 e. The predicted molar refractivity (Wildman–Crippen MR) is 120 cm³/mol. The van der Waals surface area contributed by atoms with Crippen LogP contribution in [0.1, 0.15) is 15.7 Å². The average molecular weight is 801 g/mol. The molecule has 0 saturated carbocycles. The van der Waals surface area contributed by atoms with Crippen LogP contribution >= 0.6 is 123 Å². The third kappa shape index (κ3) is 5.99. The summed E-state index contributed by atoms with van der Waals surface area (Å²) in [6, 6.07) is 0. The lowest BCUT2D eigenvalue weighted by Gasteiger charge is -2.12. The molecule has 3 heterocycles. The maximum atomic E-state index is 4.31. The first-order valence-electron chi connectivity index (χ1n) is 5.79. The van der Waals surface area contributed by atoms with Gasteiger partial charge in [0.25, 0.3) is 5.78 Å². The van der Waals surface area contributed by atoms with Gasteiger partial charge in [0.05, 0.1) is 10.2 Å². The van der Waals surface area contributed by atoms with Crippen LogP contribution in [0.3, 0.4) is 0 Å². The Bertz CT molecular complexity index is 836. The minimum Gasteiger partial charge on any atom is -0.212 e. The quantitative estimate of drug-likeness (QED) is 0.249. The Morgan fingerprint density at radius 2 is 1.71 bits per heavy atom. The van der Waals surface area contributed by atoms with E-state index in [1.807, 2.05) is 6.92 Å². The lowest BCUT2D eigenvalue weighted by Crippen LogP contribution is -2.05. The van der Waals surface area contributed by atoms with Crippen molar-refractivity contribution in [3.05, 3.63) is 32.7 Å². The molecule has 3 rings (SSSR count). The zero-order chi connectivity index (χ0) is 18.1. The molecule has 130 valence electrons. The highest BCUT2D eigenvalue weighted by Crippen LogP contribution is 2.46. The summed E-state index contributed by atoms with van der Waals surface area (Å²) in [5, 5.41) is 13.6. The second kappa shape index (κ2) is 8.65. The molecule has 0 aliphatic rings. The Morgan fingerprint density at radius 3 is 2.17 bits per heavy atom. The summed E-state index contributed by atoms with van der Waals surface area (Å²) in [6.45, 7) is 1.92. The van der Waals surface area contributed by atoms with Gasteiger partial charge in [-0.25, -0.2) is 9.50 Å². The fourth-order valence-corrected chi connectivity index (χ4v) is 5.16. The standard InChI is InChI=1S/C6H2Br4N4.C4H3Br3N2S/c7-3-1-14-5(11-2-12-14)13-4(3)6(8,9)10;1-2-8-9-3(10-2)4(5,6)7/h1-2H;1H3. The molecule has 0 saturated heterocycles. The third-order valence-corrected chi connectivity index (χ3v) is 6.84. The van der Waals surface area contributed by atoms with Gasteiger partial charge in [-0.2, -0.15) is 10.1 Å². The van der Waals surface area contributed by atoms with Gasteiger partial charge in [-0.15, -0.1) is 10.2 Å². The van der Waals surface area contributed by atoms with Crippen LogP contribution in [0.25, 0.3) is 5.78 Å². The molecule has 0 aliphatic heterocycles. The van der Waals surface area contributed by atoms with Crippen LogP contribution < -0.4 is 0 Å². The molecule has 6 nitrogen and oxygen atoms in total. The Hall–Kier alpha value is 1.47. The summed E-state index contributed by atoms with van der Waals surface area (Å²) in [5.74, 6) is 0.547. The van der Waals surface area contributed by atoms with E-state index in [2.05, 4.69) is 137 Å². The Labute approximate surface area is 199 Å². The van der Waals surface area contributed by atoms with Crippen LogP contribution in [-0.2, 0) is 4.29 Å². The molecular formula is C10H5Br7N6S. The van der Waals surface area contributed by atoms with Gasteiger partial charge in [-0.1, -0.05) is 107 Å². The smallest absolute Gasteiger partial charge is 0.212 e. The van der Waals surface area contributed by atoms with Gasteiger partial charge in [0, 0.05) is 6.20 Å². The second-order valence-electron chi connectivity index (χ2n) is 4.06. The minimum absolute atomic E-state index is 0.404.